The fourth-order valence-corrected chi connectivity index (χ4v) is 11.1. The molecule has 0 radical (unpaired) electrons. The summed E-state index contributed by atoms with van der Waals surface area (Å²) in [7, 11) is 5.18. The molecule has 0 aromatic rings. The molecule has 3 aliphatic rings. The van der Waals surface area contributed by atoms with Crippen LogP contribution in [0.25, 0.3) is 0 Å². The number of nitrogens with zero attached hydrogens (tertiary/aromatic N) is 1. The molecule has 0 aromatic carbocycles. The Morgan fingerprint density at radius 3 is 1.73 bits per heavy atom. The van der Waals surface area contributed by atoms with Crippen LogP contribution in [0.3, 0.4) is 0 Å². The lowest BCUT2D eigenvalue weighted by molar-refractivity contribution is -0.318. The van der Waals surface area contributed by atoms with Crippen LogP contribution < -0.4 is 0 Å². The summed E-state index contributed by atoms with van der Waals surface area (Å²) in [6, 6.07) is -0.324. The van der Waals surface area contributed by atoms with Gasteiger partial charge in [-0.15, -0.1) is 0 Å². The molecule has 0 bridgehead atoms. The maximum absolute atomic E-state index is 14.1. The maximum atomic E-state index is 14.1. The quantitative estimate of drug-likeness (QED) is 0.0419. The second-order valence-electron chi connectivity index (χ2n) is 22.6. The van der Waals surface area contributed by atoms with E-state index in [0.717, 1.165) is 12.8 Å². The number of aliphatic carboxylic acids is 1. The van der Waals surface area contributed by atoms with Crippen LogP contribution in [0.15, 0.2) is 0 Å². The summed E-state index contributed by atoms with van der Waals surface area (Å²) < 4.78 is 37.1. The number of methoxy groups -OCH3 is 1. The molecule has 18 atom stereocenters. The number of carbonyl (C=O) groups excluding carboxylic acids is 2. The van der Waals surface area contributed by atoms with Gasteiger partial charge >= 0.3 is 11.9 Å². The SMILES string of the molecule is CCC1OC(=O)[C@@H](C)C(O[C@H]2C[C@@](C)(OC)[C@@H](O)[C@H](C)O2)[C@@H](C)[C@H](O[C@@H]2O[C@H](C)C[C@H](N(C)C)[C@H]2O)[C@@](C)(O)C[C@H](C)C(=O)C(C)[C@@H](O)[C@]1(C)O.CCCCCCCCCCCCCCCCCC(=O)O. The Hall–Kier alpha value is -1.83. The number of carboxylic acids is 1. The molecule has 0 aliphatic carbocycles. The van der Waals surface area contributed by atoms with Gasteiger partial charge in [-0.1, -0.05) is 125 Å². The van der Waals surface area contributed by atoms with Crippen molar-refractivity contribution < 1.29 is 73.4 Å². The molecule has 0 saturated carbocycles. The van der Waals surface area contributed by atoms with E-state index in [2.05, 4.69) is 6.92 Å². The number of carboxylic acid groups (broad SMARTS) is 1. The molecule has 3 unspecified atom stereocenters. The van der Waals surface area contributed by atoms with Gasteiger partial charge in [-0.3, -0.25) is 14.4 Å². The number of hydrogen-bond donors (Lipinski definition) is 6. The van der Waals surface area contributed by atoms with Gasteiger partial charge in [0.15, 0.2) is 12.6 Å². The minimum Gasteiger partial charge on any atom is -0.481 e. The molecule has 0 aromatic heterocycles. The number of aliphatic hydroxyl groups is 5. The van der Waals surface area contributed by atoms with Gasteiger partial charge in [0.1, 0.15) is 29.7 Å². The van der Waals surface area contributed by atoms with Gasteiger partial charge in [0, 0.05) is 43.7 Å². The molecule has 3 saturated heterocycles. The summed E-state index contributed by atoms with van der Waals surface area (Å²) in [5.41, 5.74) is -4.84. The number of Topliss-reactive ketones (excluding diaryl/α,β-unsaturated/α-hetero) is 1. The second-order valence-corrected chi connectivity index (χ2v) is 22.6. The number of cyclic esters (lactones) is 1. The van der Waals surface area contributed by atoms with Crippen molar-refractivity contribution in [3.8, 4) is 0 Å². The van der Waals surface area contributed by atoms with Crippen molar-refractivity contribution >= 4 is 17.7 Å². The van der Waals surface area contributed by atoms with E-state index in [0.29, 0.717) is 12.8 Å². The Kier molecular flexibility index (Phi) is 28.8. The van der Waals surface area contributed by atoms with Crippen LogP contribution in [0.1, 0.15) is 205 Å². The van der Waals surface area contributed by atoms with Crippen LogP contribution in [0, 0.1) is 23.7 Å². The predicted octanol–water partition coefficient (Wildman–Crippen LogP) is 8.12. The van der Waals surface area contributed by atoms with E-state index in [1.807, 2.05) is 25.9 Å². The minimum absolute atomic E-state index is 0.0936. The van der Waals surface area contributed by atoms with Crippen LogP contribution in [0.5, 0.6) is 0 Å². The third-order valence-corrected chi connectivity index (χ3v) is 15.8. The highest BCUT2D eigenvalue weighted by molar-refractivity contribution is 5.83. The molecule has 16 nitrogen and oxygen atoms in total. The number of aliphatic hydroxyl groups excluding tert-OH is 3. The van der Waals surface area contributed by atoms with Crippen LogP contribution in [0.2, 0.25) is 0 Å². The number of ether oxygens (including phenoxy) is 6. The number of likely N-dealkylation sites (N-methyl/N-ethyl adjacent to an activating group) is 1. The molecule has 6 N–H and O–H groups in total. The number of hydrogen-bond acceptors (Lipinski definition) is 15. The molecule has 3 rings (SSSR count). The second kappa shape index (κ2) is 31.3. The predicted molar refractivity (Wildman–Crippen MR) is 273 cm³/mol. The number of carbonyl (C=O) groups is 3. The Bertz CT molecular complexity index is 1530. The van der Waals surface area contributed by atoms with E-state index in [1.54, 1.807) is 41.5 Å². The highest BCUT2D eigenvalue weighted by Gasteiger charge is 2.53. The largest absolute Gasteiger partial charge is 0.481 e. The number of unbranched alkanes of at least 4 members (excludes halogenated alkanes) is 14. The summed E-state index contributed by atoms with van der Waals surface area (Å²) in [4.78, 5) is 40.1. The van der Waals surface area contributed by atoms with Crippen molar-refractivity contribution in [1.82, 2.24) is 4.90 Å². The lowest BCUT2D eigenvalue weighted by atomic mass is 9.74. The molecule has 3 aliphatic heterocycles. The normalized spacial score (nSPS) is 38.8. The van der Waals surface area contributed by atoms with Gasteiger partial charge in [0.25, 0.3) is 0 Å². The highest BCUT2D eigenvalue weighted by Crippen LogP contribution is 2.41. The Labute approximate surface area is 428 Å². The van der Waals surface area contributed by atoms with Gasteiger partial charge in [-0.25, -0.2) is 0 Å². The molecule has 71 heavy (non-hydrogen) atoms. The van der Waals surface area contributed by atoms with E-state index in [4.69, 9.17) is 33.5 Å². The summed E-state index contributed by atoms with van der Waals surface area (Å²) >= 11 is 0. The van der Waals surface area contributed by atoms with Gasteiger partial charge < -0.3 is 64.0 Å². The van der Waals surface area contributed by atoms with Crippen molar-refractivity contribution in [3.63, 3.8) is 0 Å². The van der Waals surface area contributed by atoms with Crippen molar-refractivity contribution in [3.05, 3.63) is 0 Å². The molecule has 3 fully saturated rings. The monoisotopic (exact) mass is 1020 g/mol. The Balaban J connectivity index is 0.000000725. The van der Waals surface area contributed by atoms with Crippen molar-refractivity contribution in [1.29, 1.82) is 0 Å². The first-order chi connectivity index (χ1) is 33.2. The summed E-state index contributed by atoms with van der Waals surface area (Å²) in [5, 5.41) is 66.1. The molecule has 3 heterocycles. The molecule has 0 spiro atoms. The van der Waals surface area contributed by atoms with E-state index in [-0.39, 0.29) is 31.4 Å². The van der Waals surface area contributed by atoms with Crippen LogP contribution in [-0.2, 0) is 42.8 Å². The maximum Gasteiger partial charge on any atom is 0.311 e. The zero-order valence-electron chi connectivity index (χ0n) is 46.6. The van der Waals surface area contributed by atoms with Gasteiger partial charge in [-0.05, 0) is 81.3 Å². The summed E-state index contributed by atoms with van der Waals surface area (Å²) in [6.45, 7) is 18.6. The number of esters is 1. The zero-order chi connectivity index (χ0) is 53.9. The number of rotatable bonds is 23. The molecular formula is C55H103NO15. The van der Waals surface area contributed by atoms with E-state index < -0.39 is 114 Å². The van der Waals surface area contributed by atoms with E-state index in [1.165, 1.54) is 111 Å². The highest BCUT2D eigenvalue weighted by atomic mass is 16.7. The molecule has 418 valence electrons. The Morgan fingerprint density at radius 2 is 1.25 bits per heavy atom. The molecule has 16 heteroatoms. The summed E-state index contributed by atoms with van der Waals surface area (Å²) in [5.74, 6) is -5.63. The van der Waals surface area contributed by atoms with E-state index in [9.17, 15) is 39.9 Å². The first kappa shape index (κ1) is 65.3. The smallest absolute Gasteiger partial charge is 0.311 e. The van der Waals surface area contributed by atoms with Crippen LogP contribution in [0.4, 0.5) is 0 Å². The van der Waals surface area contributed by atoms with Gasteiger partial charge in [0.05, 0.1) is 47.6 Å². The fraction of sp³-hybridized carbons (Fsp3) is 0.945. The zero-order valence-corrected chi connectivity index (χ0v) is 46.6. The van der Waals surface area contributed by atoms with Crippen LogP contribution in [-0.4, -0.2) is 159 Å². The van der Waals surface area contributed by atoms with Gasteiger partial charge in [0.2, 0.25) is 0 Å². The van der Waals surface area contributed by atoms with Crippen molar-refractivity contribution in [2.45, 2.75) is 289 Å². The molecular weight excluding hydrogens is 915 g/mol. The first-order valence-electron chi connectivity index (χ1n) is 27.5. The average molecular weight is 1020 g/mol. The van der Waals surface area contributed by atoms with Crippen molar-refractivity contribution in [2.24, 2.45) is 23.7 Å². The minimum atomic E-state index is -1.99. The average Bonchev–Trinajstić information content (AvgIpc) is 3.31. The Morgan fingerprint density at radius 1 is 0.732 bits per heavy atom. The van der Waals surface area contributed by atoms with Crippen LogP contribution >= 0.6 is 0 Å². The summed E-state index contributed by atoms with van der Waals surface area (Å²) in [6.07, 6.45) is 10.5. The topological polar surface area (TPSA) is 231 Å². The first-order valence-corrected chi connectivity index (χ1v) is 27.5. The lowest BCUT2D eigenvalue weighted by Crippen LogP contribution is -2.61. The van der Waals surface area contributed by atoms with Gasteiger partial charge in [-0.2, -0.15) is 0 Å². The van der Waals surface area contributed by atoms with E-state index >= 15 is 0 Å². The third-order valence-electron chi connectivity index (χ3n) is 15.8. The lowest BCUT2D eigenvalue weighted by Gasteiger charge is -2.49. The number of ketones is 1. The fourth-order valence-electron chi connectivity index (χ4n) is 11.1. The third kappa shape index (κ3) is 20.0. The molecule has 0 amide bonds. The van der Waals surface area contributed by atoms with Crippen molar-refractivity contribution in [2.75, 3.05) is 21.2 Å². The standard InChI is InChI=1S/C37H67NO13.C18H36O2/c1-14-25-37(10,45)30(41)20(4)27(39)18(2)16-35(8,44)32(51-34-28(40)24(38(11)12)15-19(3)47-34)21(5)29(22(6)33(43)49-25)50-26-17-36(9,46-13)31(42)23(7)48-26;1-2-3-4-5-6-7-8-9-10-11-12-13-14-15-16-17-18(19)20/h18-26,28-32,34,40-42,44-45H,14-17H2,1-13H3;2-17H2,1H3,(H,19,20)/t18-,19+,20?,21+,22-,23-,24-,25?,26-,28+,29?,30+,31-,32-,34-,35-,36+,37+;/m0./s1.